The first-order chi connectivity index (χ1) is 10.1. The monoisotopic (exact) mass is 286 g/mol. The number of carbonyl (C=O) groups excluding carboxylic acids is 1. The predicted molar refractivity (Wildman–Crippen MR) is 75.8 cm³/mol. The molecule has 3 fully saturated rings. The topological polar surface area (TPSA) is 79.5 Å². The first kappa shape index (κ1) is 12.8. The number of nitrogens with zero attached hydrogens (tertiary/aromatic N) is 3. The SMILES string of the molecule is O=C(NC12CCC(O)(CC1)CC2)c1cnn2cccnc12. The number of hydrogen-bond donors (Lipinski definition) is 2. The lowest BCUT2D eigenvalue weighted by molar-refractivity contribution is -0.0702. The molecule has 2 bridgehead atoms. The van der Waals surface area contributed by atoms with Crippen molar-refractivity contribution in [3.63, 3.8) is 0 Å². The number of nitrogens with one attached hydrogen (secondary N) is 1. The van der Waals surface area contributed by atoms with Gasteiger partial charge in [-0.3, -0.25) is 4.79 Å². The Kier molecular flexibility index (Phi) is 2.60. The lowest BCUT2D eigenvalue weighted by Crippen LogP contribution is -2.58. The van der Waals surface area contributed by atoms with Crippen LogP contribution in [-0.4, -0.2) is 36.8 Å². The normalized spacial score (nSPS) is 31.5. The number of fused-ring (bicyclic) bond motifs is 4. The number of aromatic nitrogens is 3. The summed E-state index contributed by atoms with van der Waals surface area (Å²) in [6.45, 7) is 0. The van der Waals surface area contributed by atoms with Gasteiger partial charge in [-0.1, -0.05) is 0 Å². The molecule has 3 aliphatic carbocycles. The van der Waals surface area contributed by atoms with E-state index in [1.165, 1.54) is 0 Å². The van der Waals surface area contributed by atoms with Crippen molar-refractivity contribution in [1.82, 2.24) is 19.9 Å². The zero-order valence-corrected chi connectivity index (χ0v) is 11.7. The van der Waals surface area contributed by atoms with Crippen LogP contribution in [0.5, 0.6) is 0 Å². The van der Waals surface area contributed by atoms with Gasteiger partial charge in [0.05, 0.1) is 11.8 Å². The molecule has 2 heterocycles. The average Bonchev–Trinajstić information content (AvgIpc) is 2.93. The molecule has 3 saturated carbocycles. The zero-order chi connectivity index (χ0) is 14.5. The molecule has 1 amide bonds. The summed E-state index contributed by atoms with van der Waals surface area (Å²) >= 11 is 0. The molecule has 6 nitrogen and oxygen atoms in total. The Labute approximate surface area is 122 Å². The third-order valence-electron chi connectivity index (χ3n) is 5.11. The van der Waals surface area contributed by atoms with Crippen LogP contribution in [0.15, 0.2) is 24.7 Å². The van der Waals surface area contributed by atoms with Crippen molar-refractivity contribution >= 4 is 11.6 Å². The van der Waals surface area contributed by atoms with E-state index in [4.69, 9.17) is 0 Å². The van der Waals surface area contributed by atoms with Gasteiger partial charge in [-0.15, -0.1) is 0 Å². The van der Waals surface area contributed by atoms with Gasteiger partial charge in [-0.25, -0.2) is 9.50 Å². The molecule has 0 radical (unpaired) electrons. The van der Waals surface area contributed by atoms with Gasteiger partial charge in [-0.2, -0.15) is 5.10 Å². The maximum absolute atomic E-state index is 12.6. The van der Waals surface area contributed by atoms with Crippen LogP contribution in [0.25, 0.3) is 5.65 Å². The molecule has 6 heteroatoms. The number of carbonyl (C=O) groups is 1. The minimum Gasteiger partial charge on any atom is -0.390 e. The second-order valence-electron chi connectivity index (χ2n) is 6.40. The summed E-state index contributed by atoms with van der Waals surface area (Å²) in [5, 5.41) is 17.6. The van der Waals surface area contributed by atoms with Crippen molar-refractivity contribution in [2.45, 2.75) is 49.7 Å². The molecule has 0 unspecified atom stereocenters. The Morgan fingerprint density at radius 3 is 2.67 bits per heavy atom. The Balaban J connectivity index is 1.59. The van der Waals surface area contributed by atoms with Crippen LogP contribution in [0.2, 0.25) is 0 Å². The third-order valence-corrected chi connectivity index (χ3v) is 5.11. The largest absolute Gasteiger partial charge is 0.390 e. The lowest BCUT2D eigenvalue weighted by Gasteiger charge is -2.51. The van der Waals surface area contributed by atoms with Gasteiger partial charge in [0.1, 0.15) is 5.56 Å². The predicted octanol–water partition coefficient (Wildman–Crippen LogP) is 1.30. The van der Waals surface area contributed by atoms with Gasteiger partial charge >= 0.3 is 0 Å². The Morgan fingerprint density at radius 2 is 1.95 bits per heavy atom. The molecule has 2 aromatic rings. The van der Waals surface area contributed by atoms with Crippen molar-refractivity contribution in [2.75, 3.05) is 0 Å². The molecule has 110 valence electrons. The molecule has 0 aromatic carbocycles. The quantitative estimate of drug-likeness (QED) is 0.872. The Hall–Kier alpha value is -1.95. The van der Waals surface area contributed by atoms with E-state index in [-0.39, 0.29) is 11.4 Å². The summed E-state index contributed by atoms with van der Waals surface area (Å²) in [5.41, 5.74) is 0.439. The van der Waals surface area contributed by atoms with Crippen LogP contribution in [0, 0.1) is 0 Å². The van der Waals surface area contributed by atoms with E-state index in [2.05, 4.69) is 15.4 Å². The van der Waals surface area contributed by atoms with Crippen molar-refractivity contribution in [1.29, 1.82) is 0 Å². The van der Waals surface area contributed by atoms with Gasteiger partial charge in [0.25, 0.3) is 5.91 Å². The highest BCUT2D eigenvalue weighted by Crippen LogP contribution is 2.46. The fourth-order valence-electron chi connectivity index (χ4n) is 3.65. The van der Waals surface area contributed by atoms with Crippen LogP contribution >= 0.6 is 0 Å². The minimum atomic E-state index is -0.488. The van der Waals surface area contributed by atoms with E-state index in [1.54, 1.807) is 29.2 Å². The van der Waals surface area contributed by atoms with Crippen LogP contribution in [0.3, 0.4) is 0 Å². The second-order valence-corrected chi connectivity index (χ2v) is 6.40. The van der Waals surface area contributed by atoms with Crippen molar-refractivity contribution < 1.29 is 9.90 Å². The second kappa shape index (κ2) is 4.27. The summed E-state index contributed by atoms with van der Waals surface area (Å²) in [4.78, 5) is 16.8. The summed E-state index contributed by atoms with van der Waals surface area (Å²) in [6.07, 6.45) is 9.88. The van der Waals surface area contributed by atoms with Gasteiger partial charge in [0.2, 0.25) is 0 Å². The fourth-order valence-corrected chi connectivity index (χ4v) is 3.65. The molecule has 0 saturated heterocycles. The Bertz CT molecular complexity index is 684. The molecule has 3 aliphatic rings. The highest BCUT2D eigenvalue weighted by Gasteiger charge is 2.48. The summed E-state index contributed by atoms with van der Waals surface area (Å²) < 4.78 is 1.60. The summed E-state index contributed by atoms with van der Waals surface area (Å²) in [7, 11) is 0. The third kappa shape index (κ3) is 2.01. The van der Waals surface area contributed by atoms with E-state index in [0.29, 0.717) is 11.2 Å². The standard InChI is InChI=1S/C15H18N4O2/c20-13(11-10-17-19-9-1-8-16-12(11)19)18-14-2-5-15(21,6-3-14)7-4-14/h1,8-10,21H,2-7H2,(H,18,20). The maximum Gasteiger partial charge on any atom is 0.257 e. The van der Waals surface area contributed by atoms with E-state index < -0.39 is 5.60 Å². The first-order valence-corrected chi connectivity index (χ1v) is 7.43. The van der Waals surface area contributed by atoms with Gasteiger partial charge in [0.15, 0.2) is 5.65 Å². The molecule has 21 heavy (non-hydrogen) atoms. The van der Waals surface area contributed by atoms with E-state index in [9.17, 15) is 9.90 Å². The van der Waals surface area contributed by atoms with Gasteiger partial charge < -0.3 is 10.4 Å². The molecule has 5 rings (SSSR count). The smallest absolute Gasteiger partial charge is 0.257 e. The van der Waals surface area contributed by atoms with Crippen LogP contribution < -0.4 is 5.32 Å². The van der Waals surface area contributed by atoms with E-state index >= 15 is 0 Å². The highest BCUT2D eigenvalue weighted by molar-refractivity contribution is 6.00. The van der Waals surface area contributed by atoms with Crippen molar-refractivity contribution in [2.24, 2.45) is 0 Å². The van der Waals surface area contributed by atoms with Crippen LogP contribution in [0.4, 0.5) is 0 Å². The number of amides is 1. The molecule has 0 atom stereocenters. The summed E-state index contributed by atoms with van der Waals surface area (Å²) in [6, 6.07) is 1.78. The van der Waals surface area contributed by atoms with Gasteiger partial charge in [0, 0.05) is 17.9 Å². The first-order valence-electron chi connectivity index (χ1n) is 7.43. The zero-order valence-electron chi connectivity index (χ0n) is 11.7. The molecule has 0 spiro atoms. The molecular formula is C15H18N4O2. The maximum atomic E-state index is 12.6. The minimum absolute atomic E-state index is 0.115. The van der Waals surface area contributed by atoms with Gasteiger partial charge in [-0.05, 0) is 44.6 Å². The van der Waals surface area contributed by atoms with Crippen molar-refractivity contribution in [3.05, 3.63) is 30.2 Å². The van der Waals surface area contributed by atoms with E-state index in [0.717, 1.165) is 38.5 Å². The number of aliphatic hydroxyl groups is 1. The van der Waals surface area contributed by atoms with E-state index in [1.807, 2.05) is 0 Å². The van der Waals surface area contributed by atoms with Crippen LogP contribution in [0.1, 0.15) is 48.9 Å². The molecule has 0 aliphatic heterocycles. The highest BCUT2D eigenvalue weighted by atomic mass is 16.3. The van der Waals surface area contributed by atoms with Crippen LogP contribution in [-0.2, 0) is 0 Å². The summed E-state index contributed by atoms with van der Waals surface area (Å²) in [5.74, 6) is -0.115. The average molecular weight is 286 g/mol. The molecule has 2 aromatic heterocycles. The Morgan fingerprint density at radius 1 is 1.24 bits per heavy atom. The lowest BCUT2D eigenvalue weighted by atomic mass is 9.63. The number of hydrogen-bond acceptors (Lipinski definition) is 4. The number of rotatable bonds is 2. The van der Waals surface area contributed by atoms with Crippen molar-refractivity contribution in [3.8, 4) is 0 Å². The molecular weight excluding hydrogens is 268 g/mol. The fraction of sp³-hybridized carbons (Fsp3) is 0.533. The molecule has 2 N–H and O–H groups in total.